The normalized spacial score (nSPS) is 12.1. The van der Waals surface area contributed by atoms with E-state index in [2.05, 4.69) is 0 Å². The summed E-state index contributed by atoms with van der Waals surface area (Å²) >= 11 is 1.50. The fraction of sp³-hybridized carbons (Fsp3) is 0.364. The summed E-state index contributed by atoms with van der Waals surface area (Å²) in [6.07, 6.45) is 0. The lowest BCUT2D eigenvalue weighted by molar-refractivity contribution is 0.0683. The van der Waals surface area contributed by atoms with Crippen LogP contribution in [0.5, 0.6) is 0 Å². The molecule has 0 aromatic heterocycles. The maximum atomic E-state index is 11.5. The summed E-state index contributed by atoms with van der Waals surface area (Å²) in [5.74, 6) is -1.87. The van der Waals surface area contributed by atoms with Gasteiger partial charge in [0.15, 0.2) is 0 Å². The zero-order valence-electron chi connectivity index (χ0n) is 16.6. The molecule has 0 aliphatic heterocycles. The van der Waals surface area contributed by atoms with Crippen molar-refractivity contribution >= 4 is 23.7 Å². The van der Waals surface area contributed by atoms with Crippen molar-refractivity contribution < 1.29 is 19.8 Å². The topological polar surface area (TPSA) is 74.6 Å². The highest BCUT2D eigenvalue weighted by atomic mass is 32.2. The van der Waals surface area contributed by atoms with Crippen molar-refractivity contribution in [2.45, 2.75) is 62.2 Å². The molecule has 0 heterocycles. The molecule has 0 saturated carbocycles. The van der Waals surface area contributed by atoms with Gasteiger partial charge in [0.1, 0.15) is 0 Å². The van der Waals surface area contributed by atoms with Gasteiger partial charge in [-0.1, -0.05) is 53.3 Å². The maximum Gasteiger partial charge on any atom is 0.335 e. The Morgan fingerprint density at radius 2 is 1.04 bits per heavy atom. The summed E-state index contributed by atoms with van der Waals surface area (Å²) in [5.41, 5.74) is 1.57. The van der Waals surface area contributed by atoms with Gasteiger partial charge in [-0.2, -0.15) is 0 Å². The van der Waals surface area contributed by atoms with Gasteiger partial charge in [-0.15, -0.1) is 0 Å². The van der Waals surface area contributed by atoms with Crippen molar-refractivity contribution in [1.29, 1.82) is 0 Å². The number of carboxylic acids is 2. The second kappa shape index (κ2) is 7.39. The lowest BCUT2D eigenvalue weighted by atomic mass is 9.84. The molecule has 0 aliphatic carbocycles. The average molecular weight is 387 g/mol. The zero-order chi connectivity index (χ0) is 20.6. The molecule has 0 saturated heterocycles. The van der Waals surface area contributed by atoms with Gasteiger partial charge >= 0.3 is 11.9 Å². The first kappa shape index (κ1) is 21.0. The monoisotopic (exact) mass is 386 g/mol. The first-order valence-corrected chi connectivity index (χ1v) is 9.56. The minimum atomic E-state index is -0.933. The van der Waals surface area contributed by atoms with E-state index in [1.54, 1.807) is 24.3 Å². The molecule has 0 unspecified atom stereocenters. The molecule has 0 bridgehead atoms. The molecule has 5 heteroatoms. The molecule has 2 aromatic rings. The van der Waals surface area contributed by atoms with E-state index in [0.717, 1.165) is 20.9 Å². The lowest BCUT2D eigenvalue weighted by Gasteiger charge is -2.23. The standard InChI is InChI=1S/C22H26O4S/c1-21(2,3)17-11-13(7-9-15(17)19(23)24)27-14-8-10-16(20(25)26)18(12-14)22(4,5)6/h7-12H,1-6H3,(H,23,24)(H,25,26). The smallest absolute Gasteiger partial charge is 0.335 e. The largest absolute Gasteiger partial charge is 0.478 e. The number of hydrogen-bond acceptors (Lipinski definition) is 3. The Morgan fingerprint density at radius 3 is 1.30 bits per heavy atom. The van der Waals surface area contributed by atoms with E-state index < -0.39 is 11.9 Å². The van der Waals surface area contributed by atoms with Crippen molar-refractivity contribution in [3.05, 3.63) is 58.7 Å². The third-order valence-electron chi connectivity index (χ3n) is 4.29. The van der Waals surface area contributed by atoms with E-state index in [-0.39, 0.29) is 10.8 Å². The van der Waals surface area contributed by atoms with Crippen LogP contribution in [0.1, 0.15) is 73.4 Å². The van der Waals surface area contributed by atoms with Crippen LogP contribution in [0.3, 0.4) is 0 Å². The Labute approximate surface area is 164 Å². The van der Waals surface area contributed by atoms with Crippen molar-refractivity contribution in [3.63, 3.8) is 0 Å². The first-order chi connectivity index (χ1) is 12.3. The minimum Gasteiger partial charge on any atom is -0.478 e. The van der Waals surface area contributed by atoms with Crippen LogP contribution in [0.2, 0.25) is 0 Å². The summed E-state index contributed by atoms with van der Waals surface area (Å²) in [6, 6.07) is 10.7. The van der Waals surface area contributed by atoms with E-state index in [9.17, 15) is 19.8 Å². The maximum absolute atomic E-state index is 11.5. The molecular weight excluding hydrogens is 360 g/mol. The highest BCUT2D eigenvalue weighted by Crippen LogP contribution is 2.36. The van der Waals surface area contributed by atoms with Gasteiger partial charge in [-0.25, -0.2) is 9.59 Å². The van der Waals surface area contributed by atoms with Gasteiger partial charge in [0.2, 0.25) is 0 Å². The van der Waals surface area contributed by atoms with Crippen molar-refractivity contribution in [2.24, 2.45) is 0 Å². The number of aromatic carboxylic acids is 2. The lowest BCUT2D eigenvalue weighted by Crippen LogP contribution is -2.17. The molecule has 144 valence electrons. The average Bonchev–Trinajstić information content (AvgIpc) is 2.52. The molecular formula is C22H26O4S. The SMILES string of the molecule is CC(C)(C)c1cc(Sc2ccc(C(=O)O)c(C(C)(C)C)c2)ccc1C(=O)O. The molecule has 27 heavy (non-hydrogen) atoms. The molecule has 2 aromatic carbocycles. The van der Waals surface area contributed by atoms with Crippen molar-refractivity contribution in [3.8, 4) is 0 Å². The van der Waals surface area contributed by atoms with Crippen LogP contribution < -0.4 is 0 Å². The summed E-state index contributed by atoms with van der Waals surface area (Å²) in [4.78, 5) is 24.9. The van der Waals surface area contributed by atoms with Gasteiger partial charge in [0.05, 0.1) is 11.1 Å². The van der Waals surface area contributed by atoms with E-state index in [0.29, 0.717) is 11.1 Å². The Balaban J connectivity index is 2.49. The molecule has 0 aliphatic rings. The molecule has 0 radical (unpaired) electrons. The Bertz CT molecular complexity index is 813. The number of rotatable bonds is 4. The van der Waals surface area contributed by atoms with Crippen LogP contribution >= 0.6 is 11.8 Å². The van der Waals surface area contributed by atoms with Crippen LogP contribution in [0.4, 0.5) is 0 Å². The zero-order valence-corrected chi connectivity index (χ0v) is 17.4. The van der Waals surface area contributed by atoms with Crippen molar-refractivity contribution in [1.82, 2.24) is 0 Å². The first-order valence-electron chi connectivity index (χ1n) is 8.74. The van der Waals surface area contributed by atoms with Gasteiger partial charge in [-0.05, 0) is 58.4 Å². The number of benzene rings is 2. The Kier molecular flexibility index (Phi) is 5.76. The minimum absolute atomic E-state index is 0.298. The Morgan fingerprint density at radius 1 is 0.704 bits per heavy atom. The predicted octanol–water partition coefficient (Wildman–Crippen LogP) is 5.83. The van der Waals surface area contributed by atoms with Gasteiger partial charge in [0, 0.05) is 9.79 Å². The van der Waals surface area contributed by atoms with Crippen molar-refractivity contribution in [2.75, 3.05) is 0 Å². The molecule has 0 fully saturated rings. The van der Waals surface area contributed by atoms with Crippen LogP contribution in [0.15, 0.2) is 46.2 Å². The Hall–Kier alpha value is -2.27. The van der Waals surface area contributed by atoms with Gasteiger partial charge in [0.25, 0.3) is 0 Å². The molecule has 0 atom stereocenters. The van der Waals surface area contributed by atoms with Gasteiger partial charge in [-0.3, -0.25) is 0 Å². The second-order valence-corrected chi connectivity index (χ2v) is 9.77. The van der Waals surface area contributed by atoms with E-state index in [1.165, 1.54) is 11.8 Å². The predicted molar refractivity (Wildman–Crippen MR) is 108 cm³/mol. The molecule has 0 spiro atoms. The molecule has 4 nitrogen and oxygen atoms in total. The highest BCUT2D eigenvalue weighted by molar-refractivity contribution is 7.99. The fourth-order valence-corrected chi connectivity index (χ4v) is 3.82. The number of carbonyl (C=O) groups is 2. The third kappa shape index (κ3) is 4.92. The van der Waals surface area contributed by atoms with E-state index in [1.807, 2.05) is 53.7 Å². The second-order valence-electron chi connectivity index (χ2n) is 8.63. The van der Waals surface area contributed by atoms with Crippen LogP contribution in [0.25, 0.3) is 0 Å². The fourth-order valence-electron chi connectivity index (χ4n) is 2.92. The van der Waals surface area contributed by atoms with Crippen LogP contribution in [-0.4, -0.2) is 22.2 Å². The van der Waals surface area contributed by atoms with Crippen LogP contribution in [0, 0.1) is 0 Å². The quantitative estimate of drug-likeness (QED) is 0.691. The van der Waals surface area contributed by atoms with Crippen LogP contribution in [-0.2, 0) is 10.8 Å². The third-order valence-corrected chi connectivity index (χ3v) is 5.27. The summed E-state index contributed by atoms with van der Waals surface area (Å²) < 4.78 is 0. The highest BCUT2D eigenvalue weighted by Gasteiger charge is 2.24. The van der Waals surface area contributed by atoms with Gasteiger partial charge < -0.3 is 10.2 Å². The number of hydrogen-bond donors (Lipinski definition) is 2. The molecule has 2 rings (SSSR count). The number of carboxylic acid groups (broad SMARTS) is 2. The van der Waals surface area contributed by atoms with E-state index in [4.69, 9.17) is 0 Å². The summed E-state index contributed by atoms with van der Waals surface area (Å²) in [6.45, 7) is 11.9. The molecule has 0 amide bonds. The van der Waals surface area contributed by atoms with E-state index >= 15 is 0 Å². The summed E-state index contributed by atoms with van der Waals surface area (Å²) in [5, 5.41) is 18.9. The molecule has 2 N–H and O–H groups in total. The summed E-state index contributed by atoms with van der Waals surface area (Å²) in [7, 11) is 0.